The van der Waals surface area contributed by atoms with Crippen LogP contribution in [0.1, 0.15) is 21.5 Å². The Hall–Kier alpha value is -3.38. The molecule has 0 spiro atoms. The smallest absolute Gasteiger partial charge is 0.251 e. The molecule has 0 aliphatic carbocycles. The summed E-state index contributed by atoms with van der Waals surface area (Å²) in [6.07, 6.45) is 1.81. The van der Waals surface area contributed by atoms with Gasteiger partial charge < -0.3 is 19.7 Å². The van der Waals surface area contributed by atoms with E-state index in [1.807, 2.05) is 72.9 Å². The molecule has 1 saturated heterocycles. The van der Waals surface area contributed by atoms with Gasteiger partial charge in [0.1, 0.15) is 18.2 Å². The minimum atomic E-state index is -0.125. The number of carbonyl (C=O) groups excluding carboxylic acids is 1. The first-order valence-electron chi connectivity index (χ1n) is 10.1. The van der Waals surface area contributed by atoms with Gasteiger partial charge in [0.2, 0.25) is 0 Å². The van der Waals surface area contributed by atoms with Gasteiger partial charge in [-0.2, -0.15) is 0 Å². The summed E-state index contributed by atoms with van der Waals surface area (Å²) >= 11 is 0. The van der Waals surface area contributed by atoms with E-state index in [1.54, 1.807) is 0 Å². The normalized spacial score (nSPS) is 13.7. The van der Waals surface area contributed by atoms with Gasteiger partial charge in [0, 0.05) is 37.0 Å². The molecule has 2 aromatic carbocycles. The molecule has 0 saturated carbocycles. The van der Waals surface area contributed by atoms with Gasteiger partial charge in [-0.1, -0.05) is 42.5 Å². The number of morpholine rings is 1. The SMILES string of the molecule is O=C(NCc1ccc(N2CCOCC2)nc1)c1ccccc1COc1ccccc1. The topological polar surface area (TPSA) is 63.7 Å². The highest BCUT2D eigenvalue weighted by Crippen LogP contribution is 2.16. The quantitative estimate of drug-likeness (QED) is 0.655. The van der Waals surface area contributed by atoms with Gasteiger partial charge in [-0.15, -0.1) is 0 Å². The van der Waals surface area contributed by atoms with Crippen LogP contribution in [0.2, 0.25) is 0 Å². The average Bonchev–Trinajstić information content (AvgIpc) is 2.83. The summed E-state index contributed by atoms with van der Waals surface area (Å²) < 4.78 is 11.2. The fraction of sp³-hybridized carbons (Fsp3) is 0.250. The predicted octanol–water partition coefficient (Wildman–Crippen LogP) is 3.43. The lowest BCUT2D eigenvalue weighted by atomic mass is 10.1. The van der Waals surface area contributed by atoms with Crippen molar-refractivity contribution in [2.24, 2.45) is 0 Å². The molecule has 2 heterocycles. The van der Waals surface area contributed by atoms with Crippen LogP contribution in [-0.2, 0) is 17.9 Å². The highest BCUT2D eigenvalue weighted by Gasteiger charge is 2.13. The van der Waals surface area contributed by atoms with Crippen molar-refractivity contribution in [2.45, 2.75) is 13.2 Å². The number of nitrogens with one attached hydrogen (secondary N) is 1. The third-order valence-corrected chi connectivity index (χ3v) is 5.00. The van der Waals surface area contributed by atoms with Crippen LogP contribution < -0.4 is 15.0 Å². The van der Waals surface area contributed by atoms with Crippen molar-refractivity contribution in [1.29, 1.82) is 0 Å². The Kier molecular flexibility index (Phi) is 6.57. The lowest BCUT2D eigenvalue weighted by molar-refractivity contribution is 0.0948. The Morgan fingerprint density at radius 1 is 1.00 bits per heavy atom. The van der Waals surface area contributed by atoms with Gasteiger partial charge in [-0.3, -0.25) is 4.79 Å². The van der Waals surface area contributed by atoms with Crippen LogP contribution in [-0.4, -0.2) is 37.2 Å². The first-order chi connectivity index (χ1) is 14.8. The van der Waals surface area contributed by atoms with Gasteiger partial charge in [-0.25, -0.2) is 4.98 Å². The van der Waals surface area contributed by atoms with Crippen LogP contribution in [0.3, 0.4) is 0 Å². The number of anilines is 1. The fourth-order valence-corrected chi connectivity index (χ4v) is 3.32. The maximum atomic E-state index is 12.8. The molecular weight excluding hydrogens is 378 g/mol. The summed E-state index contributed by atoms with van der Waals surface area (Å²) in [4.78, 5) is 19.5. The second kappa shape index (κ2) is 9.89. The van der Waals surface area contributed by atoms with Crippen LogP contribution in [0.4, 0.5) is 5.82 Å². The van der Waals surface area contributed by atoms with E-state index >= 15 is 0 Å². The highest BCUT2D eigenvalue weighted by molar-refractivity contribution is 5.95. The Morgan fingerprint density at radius 3 is 2.53 bits per heavy atom. The predicted molar refractivity (Wildman–Crippen MR) is 116 cm³/mol. The summed E-state index contributed by atoms with van der Waals surface area (Å²) in [5.41, 5.74) is 2.42. The molecule has 1 aliphatic heterocycles. The lowest BCUT2D eigenvalue weighted by Gasteiger charge is -2.27. The summed E-state index contributed by atoms with van der Waals surface area (Å²) in [6, 6.07) is 21.1. The maximum Gasteiger partial charge on any atom is 0.251 e. The number of rotatable bonds is 7. The molecule has 0 radical (unpaired) electrons. The molecule has 1 fully saturated rings. The first-order valence-corrected chi connectivity index (χ1v) is 10.1. The van der Waals surface area contributed by atoms with Gasteiger partial charge in [0.25, 0.3) is 5.91 Å². The molecule has 30 heavy (non-hydrogen) atoms. The second-order valence-corrected chi connectivity index (χ2v) is 7.07. The van der Waals surface area contributed by atoms with Crippen molar-refractivity contribution in [3.05, 3.63) is 89.6 Å². The molecule has 3 aromatic rings. The van der Waals surface area contributed by atoms with Crippen molar-refractivity contribution in [3.63, 3.8) is 0 Å². The minimum absolute atomic E-state index is 0.125. The van der Waals surface area contributed by atoms with Gasteiger partial charge in [0.15, 0.2) is 0 Å². The van der Waals surface area contributed by atoms with E-state index in [0.717, 1.165) is 49.0 Å². The van der Waals surface area contributed by atoms with Crippen molar-refractivity contribution < 1.29 is 14.3 Å². The zero-order chi connectivity index (χ0) is 20.6. The van der Waals surface area contributed by atoms with Gasteiger partial charge >= 0.3 is 0 Å². The summed E-state index contributed by atoms with van der Waals surface area (Å²) in [6.45, 7) is 3.92. The van der Waals surface area contributed by atoms with Crippen molar-refractivity contribution in [1.82, 2.24) is 10.3 Å². The molecule has 154 valence electrons. The number of nitrogens with zero attached hydrogens (tertiary/aromatic N) is 2. The number of para-hydroxylation sites is 1. The molecule has 1 amide bonds. The molecule has 6 heteroatoms. The standard InChI is InChI=1S/C24H25N3O3/c28-24(22-9-5-4-6-20(22)18-30-21-7-2-1-3-8-21)26-17-19-10-11-23(25-16-19)27-12-14-29-15-13-27/h1-11,16H,12-15,17-18H2,(H,26,28). The van der Waals surface area contributed by atoms with Crippen molar-refractivity contribution in [3.8, 4) is 5.75 Å². The van der Waals surface area contributed by atoms with E-state index in [-0.39, 0.29) is 5.91 Å². The van der Waals surface area contributed by atoms with E-state index in [2.05, 4.69) is 15.2 Å². The number of benzene rings is 2. The summed E-state index contributed by atoms with van der Waals surface area (Å²) in [7, 11) is 0. The number of pyridine rings is 1. The molecule has 1 aliphatic rings. The van der Waals surface area contributed by atoms with E-state index in [0.29, 0.717) is 18.7 Å². The van der Waals surface area contributed by atoms with Crippen molar-refractivity contribution >= 4 is 11.7 Å². The minimum Gasteiger partial charge on any atom is -0.489 e. The van der Waals surface area contributed by atoms with Crippen LogP contribution in [0.5, 0.6) is 5.75 Å². The number of aromatic nitrogens is 1. The molecule has 6 nitrogen and oxygen atoms in total. The summed E-state index contributed by atoms with van der Waals surface area (Å²) in [5, 5.41) is 2.98. The van der Waals surface area contributed by atoms with Crippen LogP contribution in [0.25, 0.3) is 0 Å². The van der Waals surface area contributed by atoms with Crippen LogP contribution >= 0.6 is 0 Å². The Balaban J connectivity index is 1.35. The number of carbonyl (C=O) groups is 1. The number of hydrogen-bond donors (Lipinski definition) is 1. The van der Waals surface area contributed by atoms with Gasteiger partial charge in [-0.05, 0) is 29.8 Å². The molecule has 0 unspecified atom stereocenters. The second-order valence-electron chi connectivity index (χ2n) is 7.07. The average molecular weight is 403 g/mol. The van der Waals surface area contributed by atoms with Crippen LogP contribution in [0.15, 0.2) is 72.9 Å². The molecule has 1 aromatic heterocycles. The molecule has 4 rings (SSSR count). The van der Waals surface area contributed by atoms with Crippen LogP contribution in [0, 0.1) is 0 Å². The highest BCUT2D eigenvalue weighted by atomic mass is 16.5. The Labute approximate surface area is 176 Å². The van der Waals surface area contributed by atoms with E-state index in [1.165, 1.54) is 0 Å². The molecular formula is C24H25N3O3. The number of ether oxygens (including phenoxy) is 2. The fourth-order valence-electron chi connectivity index (χ4n) is 3.32. The van der Waals surface area contributed by atoms with E-state index in [4.69, 9.17) is 9.47 Å². The van der Waals surface area contributed by atoms with Gasteiger partial charge in [0.05, 0.1) is 13.2 Å². The largest absolute Gasteiger partial charge is 0.489 e. The first kappa shape index (κ1) is 19.9. The van der Waals surface area contributed by atoms with E-state index < -0.39 is 0 Å². The molecule has 0 bridgehead atoms. The molecule has 1 N–H and O–H groups in total. The lowest BCUT2D eigenvalue weighted by Crippen LogP contribution is -2.36. The van der Waals surface area contributed by atoms with Crippen molar-refractivity contribution in [2.75, 3.05) is 31.2 Å². The molecule has 0 atom stereocenters. The number of amides is 1. The third-order valence-electron chi connectivity index (χ3n) is 5.00. The Bertz CT molecular complexity index is 955. The zero-order valence-corrected chi connectivity index (χ0v) is 16.8. The summed E-state index contributed by atoms with van der Waals surface area (Å²) in [5.74, 6) is 1.59. The zero-order valence-electron chi connectivity index (χ0n) is 16.8. The Morgan fingerprint density at radius 2 is 1.77 bits per heavy atom. The number of hydrogen-bond acceptors (Lipinski definition) is 5. The van der Waals surface area contributed by atoms with E-state index in [9.17, 15) is 4.79 Å². The third kappa shape index (κ3) is 5.15. The maximum absolute atomic E-state index is 12.8. The monoisotopic (exact) mass is 403 g/mol.